The quantitative estimate of drug-likeness (QED) is 0.328. The van der Waals surface area contributed by atoms with Crippen molar-refractivity contribution in [3.05, 3.63) is 113 Å². The highest BCUT2D eigenvalue weighted by molar-refractivity contribution is 9.10. The van der Waals surface area contributed by atoms with Gasteiger partial charge in [-0.15, -0.1) is 0 Å². The summed E-state index contributed by atoms with van der Waals surface area (Å²) in [5.74, 6) is 0.913. The van der Waals surface area contributed by atoms with Gasteiger partial charge in [0.15, 0.2) is 0 Å². The maximum Gasteiger partial charge on any atom is 0.145 e. The van der Waals surface area contributed by atoms with Crippen molar-refractivity contribution in [1.82, 2.24) is 0 Å². The zero-order valence-corrected chi connectivity index (χ0v) is 16.7. The highest BCUT2D eigenvalue weighted by Gasteiger charge is 2.25. The van der Waals surface area contributed by atoms with Gasteiger partial charge in [-0.25, -0.2) is 4.99 Å². The van der Waals surface area contributed by atoms with Gasteiger partial charge in [0.2, 0.25) is 0 Å². The molecular formula is C25H17BrN2. The molecule has 0 spiro atoms. The second-order valence-electron chi connectivity index (χ2n) is 6.65. The van der Waals surface area contributed by atoms with Crippen molar-refractivity contribution < 1.29 is 0 Å². The molecule has 0 bridgehead atoms. The number of hydrogen-bond acceptors (Lipinski definition) is 2. The van der Waals surface area contributed by atoms with Crippen LogP contribution in [0.4, 0.5) is 17.1 Å². The fourth-order valence-electron chi connectivity index (χ4n) is 3.60. The molecule has 0 saturated carbocycles. The fourth-order valence-corrected chi connectivity index (χ4v) is 3.87. The number of benzene rings is 4. The van der Waals surface area contributed by atoms with Crippen LogP contribution in [0.2, 0.25) is 0 Å². The number of fused-ring (bicyclic) bond motifs is 3. The lowest BCUT2D eigenvalue weighted by Gasteiger charge is -2.27. The predicted octanol–water partition coefficient (Wildman–Crippen LogP) is 7.35. The number of nitrogens with zero attached hydrogens (tertiary/aromatic N) is 2. The predicted molar refractivity (Wildman–Crippen MR) is 121 cm³/mol. The summed E-state index contributed by atoms with van der Waals surface area (Å²) in [7, 11) is 0. The minimum atomic E-state index is 0.913. The van der Waals surface area contributed by atoms with Crippen molar-refractivity contribution in [2.75, 3.05) is 4.90 Å². The van der Waals surface area contributed by atoms with Crippen LogP contribution >= 0.6 is 15.9 Å². The topological polar surface area (TPSA) is 15.6 Å². The van der Waals surface area contributed by atoms with Crippen molar-refractivity contribution in [3.63, 3.8) is 0 Å². The highest BCUT2D eigenvalue weighted by atomic mass is 79.9. The van der Waals surface area contributed by atoms with Crippen LogP contribution in [-0.2, 0) is 0 Å². The van der Waals surface area contributed by atoms with E-state index >= 15 is 0 Å². The number of hydrogen-bond donors (Lipinski definition) is 0. The standard InChI is InChI=1S/C25H17BrN2/c26-19-16-14-18(15-17-19)25-27-23-12-6-4-10-21(23)22-11-5-7-13-24(22)28(25)20-8-2-1-3-9-20/h1-17H. The van der Waals surface area contributed by atoms with Crippen molar-refractivity contribution >= 4 is 38.8 Å². The summed E-state index contributed by atoms with van der Waals surface area (Å²) in [6.45, 7) is 0. The minimum absolute atomic E-state index is 0.913. The first-order chi connectivity index (χ1) is 13.8. The van der Waals surface area contributed by atoms with Gasteiger partial charge in [0.25, 0.3) is 0 Å². The molecule has 1 heterocycles. The molecule has 0 atom stereocenters. The summed E-state index contributed by atoms with van der Waals surface area (Å²) in [6, 6.07) is 35.6. The Balaban J connectivity index is 1.84. The molecule has 0 unspecified atom stereocenters. The van der Waals surface area contributed by atoms with Crippen LogP contribution in [0.3, 0.4) is 0 Å². The monoisotopic (exact) mass is 424 g/mol. The molecule has 0 fully saturated rings. The first-order valence-electron chi connectivity index (χ1n) is 9.19. The number of rotatable bonds is 2. The van der Waals surface area contributed by atoms with E-state index in [-0.39, 0.29) is 0 Å². The molecule has 0 amide bonds. The Morgan fingerprint density at radius 2 is 1.25 bits per heavy atom. The fraction of sp³-hybridized carbons (Fsp3) is 0. The maximum atomic E-state index is 5.14. The van der Waals surface area contributed by atoms with E-state index in [1.165, 1.54) is 5.56 Å². The van der Waals surface area contributed by atoms with Crippen LogP contribution < -0.4 is 4.90 Å². The molecule has 3 heteroatoms. The van der Waals surface area contributed by atoms with E-state index in [1.54, 1.807) is 0 Å². The normalized spacial score (nSPS) is 12.6. The van der Waals surface area contributed by atoms with Gasteiger partial charge >= 0.3 is 0 Å². The summed E-state index contributed by atoms with van der Waals surface area (Å²) < 4.78 is 1.05. The van der Waals surface area contributed by atoms with Crippen molar-refractivity contribution in [2.24, 2.45) is 4.99 Å². The second-order valence-corrected chi connectivity index (χ2v) is 7.56. The molecule has 1 aliphatic heterocycles. The molecule has 0 aliphatic carbocycles. The summed E-state index contributed by atoms with van der Waals surface area (Å²) in [5, 5.41) is 0. The van der Waals surface area contributed by atoms with Crippen LogP contribution in [-0.4, -0.2) is 5.84 Å². The van der Waals surface area contributed by atoms with Crippen LogP contribution in [0.15, 0.2) is 113 Å². The van der Waals surface area contributed by atoms with Gasteiger partial charge in [0, 0.05) is 26.9 Å². The van der Waals surface area contributed by atoms with Gasteiger partial charge in [-0.1, -0.05) is 82.7 Å². The zero-order valence-electron chi connectivity index (χ0n) is 15.1. The average Bonchev–Trinajstić information content (AvgIpc) is 2.90. The van der Waals surface area contributed by atoms with E-state index in [1.807, 2.05) is 12.1 Å². The SMILES string of the molecule is Brc1ccc(C2=Nc3ccccc3-c3ccccc3N2c2ccccc2)cc1. The lowest BCUT2D eigenvalue weighted by Crippen LogP contribution is -2.26. The van der Waals surface area contributed by atoms with Crippen molar-refractivity contribution in [2.45, 2.75) is 0 Å². The summed E-state index contributed by atoms with van der Waals surface area (Å²) >= 11 is 3.54. The van der Waals surface area contributed by atoms with Crippen LogP contribution in [0, 0.1) is 0 Å². The largest absolute Gasteiger partial charge is 0.294 e. The first-order valence-corrected chi connectivity index (χ1v) is 9.99. The van der Waals surface area contributed by atoms with Gasteiger partial charge in [-0.05, 0) is 36.4 Å². The Hall–Kier alpha value is -3.17. The molecule has 0 aromatic heterocycles. The first kappa shape index (κ1) is 17.0. The molecule has 0 N–H and O–H groups in total. The van der Waals surface area contributed by atoms with Gasteiger partial charge in [0.1, 0.15) is 5.84 Å². The summed E-state index contributed by atoms with van der Waals surface area (Å²) in [5.41, 5.74) is 6.58. The van der Waals surface area contributed by atoms with E-state index in [4.69, 9.17) is 4.99 Å². The number of halogens is 1. The zero-order chi connectivity index (χ0) is 18.9. The van der Waals surface area contributed by atoms with Crippen LogP contribution in [0.25, 0.3) is 11.1 Å². The molecule has 4 aromatic rings. The molecule has 0 saturated heterocycles. The van der Waals surface area contributed by atoms with Crippen LogP contribution in [0.1, 0.15) is 5.56 Å². The molecule has 2 nitrogen and oxygen atoms in total. The van der Waals surface area contributed by atoms with Crippen molar-refractivity contribution in [1.29, 1.82) is 0 Å². The Labute approximate surface area is 172 Å². The summed E-state index contributed by atoms with van der Waals surface area (Å²) in [4.78, 5) is 7.39. The highest BCUT2D eigenvalue weighted by Crippen LogP contribution is 2.43. The third kappa shape index (κ3) is 2.94. The Morgan fingerprint density at radius 3 is 2.04 bits per heavy atom. The van der Waals surface area contributed by atoms with E-state index in [9.17, 15) is 0 Å². The molecule has 4 aromatic carbocycles. The van der Waals surface area contributed by atoms with E-state index in [0.29, 0.717) is 0 Å². The number of aliphatic imine (C=N–C) groups is 1. The number of anilines is 2. The van der Waals surface area contributed by atoms with Gasteiger partial charge in [0.05, 0.1) is 11.4 Å². The molecule has 0 radical (unpaired) electrons. The lowest BCUT2D eigenvalue weighted by molar-refractivity contribution is 1.32. The molecular weight excluding hydrogens is 408 g/mol. The minimum Gasteiger partial charge on any atom is -0.294 e. The third-order valence-electron chi connectivity index (χ3n) is 4.89. The third-order valence-corrected chi connectivity index (χ3v) is 5.42. The molecule has 1 aliphatic rings. The lowest BCUT2D eigenvalue weighted by atomic mass is 10.0. The molecule has 134 valence electrons. The Kier molecular flexibility index (Phi) is 4.30. The molecule has 28 heavy (non-hydrogen) atoms. The summed E-state index contributed by atoms with van der Waals surface area (Å²) in [6.07, 6.45) is 0. The van der Waals surface area contributed by atoms with Crippen LogP contribution in [0.5, 0.6) is 0 Å². The Morgan fingerprint density at radius 1 is 0.607 bits per heavy atom. The van der Waals surface area contributed by atoms with E-state index < -0.39 is 0 Å². The van der Waals surface area contributed by atoms with Gasteiger partial charge < -0.3 is 0 Å². The molecule has 5 rings (SSSR count). The van der Waals surface area contributed by atoms with E-state index in [2.05, 4.69) is 112 Å². The average molecular weight is 425 g/mol. The maximum absolute atomic E-state index is 5.14. The van der Waals surface area contributed by atoms with Gasteiger partial charge in [-0.3, -0.25) is 4.90 Å². The Bertz CT molecular complexity index is 1160. The van der Waals surface area contributed by atoms with Crippen molar-refractivity contribution in [3.8, 4) is 11.1 Å². The number of amidine groups is 1. The van der Waals surface area contributed by atoms with E-state index in [0.717, 1.165) is 38.5 Å². The van der Waals surface area contributed by atoms with Gasteiger partial charge in [-0.2, -0.15) is 0 Å². The second kappa shape index (κ2) is 7.10. The number of para-hydroxylation sites is 3. The smallest absolute Gasteiger partial charge is 0.145 e.